The summed E-state index contributed by atoms with van der Waals surface area (Å²) in [6.45, 7) is 2.84. The molecule has 2 aliphatic rings. The second-order valence-electron chi connectivity index (χ2n) is 5.92. The maximum absolute atomic E-state index is 12.1. The molecule has 0 aliphatic heterocycles. The van der Waals surface area contributed by atoms with Crippen molar-refractivity contribution in [3.05, 3.63) is 0 Å². The lowest BCUT2D eigenvalue weighted by Gasteiger charge is -2.57. The van der Waals surface area contributed by atoms with Crippen LogP contribution in [0.15, 0.2) is 0 Å². The van der Waals surface area contributed by atoms with Gasteiger partial charge in [0.1, 0.15) is 0 Å². The molecule has 2 atom stereocenters. The van der Waals surface area contributed by atoms with Crippen molar-refractivity contribution in [1.82, 2.24) is 9.80 Å². The average Bonchev–Trinajstić information content (AvgIpc) is 2.84. The quantitative estimate of drug-likeness (QED) is 0.774. The number of carbonyl (C=O) groups is 1. The molecule has 2 amide bonds. The first-order valence-electron chi connectivity index (χ1n) is 7.08. The van der Waals surface area contributed by atoms with Crippen LogP contribution in [0.1, 0.15) is 39.0 Å². The van der Waals surface area contributed by atoms with E-state index in [1.807, 2.05) is 26.0 Å². The van der Waals surface area contributed by atoms with Gasteiger partial charge < -0.3 is 14.5 Å². The fraction of sp³-hybridized carbons (Fsp3) is 0.929. The molecular weight excluding hydrogens is 228 g/mol. The summed E-state index contributed by atoms with van der Waals surface area (Å²) < 4.78 is 5.88. The van der Waals surface area contributed by atoms with Gasteiger partial charge >= 0.3 is 6.03 Å². The third kappa shape index (κ3) is 2.00. The highest BCUT2D eigenvalue weighted by molar-refractivity contribution is 5.74. The minimum atomic E-state index is 0.112. The van der Waals surface area contributed by atoms with Crippen molar-refractivity contribution in [3.8, 4) is 0 Å². The van der Waals surface area contributed by atoms with Crippen LogP contribution in [0.2, 0.25) is 0 Å². The van der Waals surface area contributed by atoms with Crippen LogP contribution in [0.5, 0.6) is 0 Å². The molecule has 0 aromatic rings. The van der Waals surface area contributed by atoms with Crippen molar-refractivity contribution >= 4 is 6.03 Å². The number of ether oxygens (including phenoxy) is 1. The Labute approximate surface area is 110 Å². The minimum Gasteiger partial charge on any atom is -0.378 e. The van der Waals surface area contributed by atoms with Crippen LogP contribution in [0.3, 0.4) is 0 Å². The fourth-order valence-corrected chi connectivity index (χ4v) is 3.84. The Kier molecular flexibility index (Phi) is 3.85. The first kappa shape index (κ1) is 13.7. The van der Waals surface area contributed by atoms with Gasteiger partial charge in [-0.3, -0.25) is 0 Å². The Balaban J connectivity index is 2.08. The number of amides is 2. The van der Waals surface area contributed by atoms with E-state index in [-0.39, 0.29) is 11.4 Å². The Bertz CT molecular complexity index is 311. The van der Waals surface area contributed by atoms with Crippen LogP contribution >= 0.6 is 0 Å². The van der Waals surface area contributed by atoms with Crippen LogP contribution in [-0.2, 0) is 4.74 Å². The van der Waals surface area contributed by atoms with Gasteiger partial charge in [0.25, 0.3) is 0 Å². The zero-order valence-electron chi connectivity index (χ0n) is 12.1. The maximum Gasteiger partial charge on any atom is 0.319 e. The second-order valence-corrected chi connectivity index (χ2v) is 5.92. The van der Waals surface area contributed by atoms with Crippen molar-refractivity contribution in [2.45, 2.75) is 51.2 Å². The standard InChI is InChI=1S/C14H26N2O2/c1-5-18-12-10-11(14(12)8-6-7-9-14)16(4)13(17)15(2)3/h11-12H,5-10H2,1-4H3/t11-,12-/m1/s1. The fourth-order valence-electron chi connectivity index (χ4n) is 3.84. The van der Waals surface area contributed by atoms with Gasteiger partial charge in [-0.15, -0.1) is 0 Å². The molecule has 0 aromatic carbocycles. The molecule has 4 nitrogen and oxygen atoms in total. The van der Waals surface area contributed by atoms with Crippen molar-refractivity contribution in [1.29, 1.82) is 0 Å². The van der Waals surface area contributed by atoms with Crippen LogP contribution in [0, 0.1) is 5.41 Å². The molecule has 1 spiro atoms. The van der Waals surface area contributed by atoms with E-state index >= 15 is 0 Å². The Hall–Kier alpha value is -0.770. The van der Waals surface area contributed by atoms with Gasteiger partial charge in [-0.05, 0) is 26.2 Å². The lowest BCUT2D eigenvalue weighted by atomic mass is 9.60. The highest BCUT2D eigenvalue weighted by Crippen LogP contribution is 2.56. The van der Waals surface area contributed by atoms with E-state index in [2.05, 4.69) is 6.92 Å². The molecule has 0 unspecified atom stereocenters. The van der Waals surface area contributed by atoms with E-state index in [1.165, 1.54) is 25.7 Å². The first-order valence-corrected chi connectivity index (χ1v) is 7.08. The smallest absolute Gasteiger partial charge is 0.319 e. The molecule has 0 radical (unpaired) electrons. The van der Waals surface area contributed by atoms with Crippen LogP contribution in [0.25, 0.3) is 0 Å². The number of urea groups is 1. The van der Waals surface area contributed by atoms with Crippen molar-refractivity contribution < 1.29 is 9.53 Å². The zero-order valence-corrected chi connectivity index (χ0v) is 12.1. The van der Waals surface area contributed by atoms with Gasteiger partial charge in [-0.2, -0.15) is 0 Å². The number of hydrogen-bond acceptors (Lipinski definition) is 2. The third-order valence-electron chi connectivity index (χ3n) is 4.80. The number of nitrogens with zero attached hydrogens (tertiary/aromatic N) is 2. The molecule has 2 aliphatic carbocycles. The van der Waals surface area contributed by atoms with Gasteiger partial charge in [-0.1, -0.05) is 12.8 Å². The number of carbonyl (C=O) groups excluding carboxylic acids is 1. The van der Waals surface area contributed by atoms with E-state index in [0.29, 0.717) is 12.1 Å². The first-order chi connectivity index (χ1) is 8.53. The van der Waals surface area contributed by atoms with Crippen molar-refractivity contribution in [2.24, 2.45) is 5.41 Å². The lowest BCUT2D eigenvalue weighted by Crippen LogP contribution is -2.64. The van der Waals surface area contributed by atoms with Crippen LogP contribution < -0.4 is 0 Å². The van der Waals surface area contributed by atoms with E-state index in [1.54, 1.807) is 4.90 Å². The lowest BCUT2D eigenvalue weighted by molar-refractivity contribution is -0.152. The highest BCUT2D eigenvalue weighted by atomic mass is 16.5. The Morgan fingerprint density at radius 2 is 1.89 bits per heavy atom. The largest absolute Gasteiger partial charge is 0.378 e. The summed E-state index contributed by atoms with van der Waals surface area (Å²) in [5.74, 6) is 0. The summed E-state index contributed by atoms with van der Waals surface area (Å²) in [4.78, 5) is 15.7. The minimum absolute atomic E-state index is 0.112. The topological polar surface area (TPSA) is 32.8 Å². The normalized spacial score (nSPS) is 29.1. The monoisotopic (exact) mass is 254 g/mol. The third-order valence-corrected chi connectivity index (χ3v) is 4.80. The molecule has 2 rings (SSSR count). The summed E-state index contributed by atoms with van der Waals surface area (Å²) >= 11 is 0. The second kappa shape index (κ2) is 5.08. The summed E-state index contributed by atoms with van der Waals surface area (Å²) in [7, 11) is 5.58. The van der Waals surface area contributed by atoms with Gasteiger partial charge in [0.05, 0.1) is 6.10 Å². The Morgan fingerprint density at radius 3 is 2.39 bits per heavy atom. The maximum atomic E-state index is 12.1. The summed E-state index contributed by atoms with van der Waals surface area (Å²) in [5.41, 5.74) is 0.246. The molecule has 104 valence electrons. The predicted molar refractivity (Wildman–Crippen MR) is 71.6 cm³/mol. The summed E-state index contributed by atoms with van der Waals surface area (Å²) in [6.07, 6.45) is 6.37. The number of hydrogen-bond donors (Lipinski definition) is 0. The van der Waals surface area contributed by atoms with Gasteiger partial charge in [0, 0.05) is 39.2 Å². The van der Waals surface area contributed by atoms with E-state index in [4.69, 9.17) is 4.74 Å². The SMILES string of the molecule is CCO[C@@H]1C[C@@H](N(C)C(=O)N(C)C)C12CCCC2. The molecule has 0 saturated heterocycles. The molecule has 0 bridgehead atoms. The predicted octanol–water partition coefficient (Wildman–Crippen LogP) is 2.34. The molecule has 2 fully saturated rings. The van der Waals surface area contributed by atoms with E-state index in [0.717, 1.165) is 13.0 Å². The number of rotatable bonds is 3. The van der Waals surface area contributed by atoms with E-state index in [9.17, 15) is 4.79 Å². The Morgan fingerprint density at radius 1 is 1.28 bits per heavy atom. The van der Waals surface area contributed by atoms with Crippen LogP contribution in [0.4, 0.5) is 4.79 Å². The summed E-state index contributed by atoms with van der Waals surface area (Å²) in [5, 5.41) is 0. The molecule has 4 heteroatoms. The highest BCUT2D eigenvalue weighted by Gasteiger charge is 2.58. The van der Waals surface area contributed by atoms with Gasteiger partial charge in [0.15, 0.2) is 0 Å². The van der Waals surface area contributed by atoms with Crippen molar-refractivity contribution in [2.75, 3.05) is 27.7 Å². The molecule has 0 N–H and O–H groups in total. The summed E-state index contributed by atoms with van der Waals surface area (Å²) in [6, 6.07) is 0.479. The molecule has 0 aromatic heterocycles. The van der Waals surface area contributed by atoms with E-state index < -0.39 is 0 Å². The molecule has 0 heterocycles. The van der Waals surface area contributed by atoms with Crippen LogP contribution in [-0.4, -0.2) is 55.7 Å². The molecule has 18 heavy (non-hydrogen) atoms. The van der Waals surface area contributed by atoms with Crippen molar-refractivity contribution in [3.63, 3.8) is 0 Å². The van der Waals surface area contributed by atoms with Gasteiger partial charge in [-0.25, -0.2) is 4.79 Å². The molecule has 2 saturated carbocycles. The zero-order chi connectivity index (χ0) is 13.3. The average molecular weight is 254 g/mol. The molecular formula is C14H26N2O2. The van der Waals surface area contributed by atoms with Gasteiger partial charge in [0.2, 0.25) is 0 Å².